The van der Waals surface area contributed by atoms with Crippen LogP contribution in [0.2, 0.25) is 0 Å². The van der Waals surface area contributed by atoms with Crippen LogP contribution in [0.4, 0.5) is 0 Å². The molecule has 0 bridgehead atoms. The molecular weight excluding hydrogens is 920 g/mol. The molecule has 10 rings (SSSR count). The Morgan fingerprint density at radius 2 is 1.35 bits per heavy atom. The van der Waals surface area contributed by atoms with E-state index in [2.05, 4.69) is 83.3 Å². The molecule has 0 N–H and O–H groups in total. The Labute approximate surface area is 370 Å². The minimum atomic E-state index is -1.69. The quantitative estimate of drug-likeness (QED) is 0.135. The zero-order chi connectivity index (χ0) is 44.0. The minimum absolute atomic E-state index is 0. The van der Waals surface area contributed by atoms with E-state index >= 15 is 0 Å². The van der Waals surface area contributed by atoms with E-state index in [0.29, 0.717) is 50.9 Å². The molecule has 7 nitrogen and oxygen atoms in total. The topological polar surface area (TPSA) is 62.7 Å². The number of nitrogens with zero attached hydrogens (tertiary/aromatic N) is 6. The average Bonchev–Trinajstić information content (AvgIpc) is 3.91. The Kier molecular flexibility index (Phi) is 8.86. The average molecular weight is 968 g/mol. The number of fused-ring (bicyclic) bond motifs is 6. The molecule has 0 aliphatic rings. The number of pyridine rings is 1. The summed E-state index contributed by atoms with van der Waals surface area (Å²) in [5.41, 5.74) is 9.01. The predicted octanol–water partition coefficient (Wildman–Crippen LogP) is 12.3. The van der Waals surface area contributed by atoms with Gasteiger partial charge in [0.2, 0.25) is 0 Å². The summed E-state index contributed by atoms with van der Waals surface area (Å²) in [6.07, 6.45) is -1.62. The van der Waals surface area contributed by atoms with Gasteiger partial charge in [0.25, 0.3) is 0 Å². The molecule has 0 saturated carbocycles. The number of benzene rings is 6. The normalized spacial score (nSPS) is 13.3. The van der Waals surface area contributed by atoms with Gasteiger partial charge < -0.3 is 13.9 Å². The third-order valence-electron chi connectivity index (χ3n) is 11.7. The minimum Gasteiger partial charge on any atom is -0.509 e. The number of rotatable bonds is 9. The molecule has 298 valence electrons. The molecule has 0 radical (unpaired) electrons. The van der Waals surface area contributed by atoms with Crippen molar-refractivity contribution in [2.24, 2.45) is 0 Å². The van der Waals surface area contributed by atoms with Crippen LogP contribution in [0.1, 0.15) is 66.8 Å². The molecule has 0 atom stereocenters. The van der Waals surface area contributed by atoms with Gasteiger partial charge in [-0.05, 0) is 71.9 Å². The third-order valence-corrected chi connectivity index (χ3v) is 11.7. The summed E-state index contributed by atoms with van der Waals surface area (Å²) >= 11 is 0. The predicted molar refractivity (Wildman–Crippen MR) is 239 cm³/mol. The van der Waals surface area contributed by atoms with Crippen LogP contribution in [0.5, 0.6) is 11.5 Å². The molecule has 0 aliphatic carbocycles. The van der Waals surface area contributed by atoms with Crippen LogP contribution in [0, 0.1) is 26.0 Å². The van der Waals surface area contributed by atoms with Gasteiger partial charge in [0.15, 0.2) is 0 Å². The van der Waals surface area contributed by atoms with Gasteiger partial charge in [-0.25, -0.2) is 9.67 Å². The van der Waals surface area contributed by atoms with E-state index in [9.17, 15) is 0 Å². The van der Waals surface area contributed by atoms with E-state index in [0.717, 1.165) is 55.1 Å². The second kappa shape index (κ2) is 15.4. The summed E-state index contributed by atoms with van der Waals surface area (Å²) in [7, 11) is 0. The van der Waals surface area contributed by atoms with E-state index in [1.54, 1.807) is 24.7 Å². The Bertz CT molecular complexity index is 3340. The molecule has 0 saturated heterocycles. The molecule has 60 heavy (non-hydrogen) atoms. The third kappa shape index (κ3) is 6.35. The van der Waals surface area contributed by atoms with E-state index < -0.39 is 12.7 Å². The zero-order valence-corrected chi connectivity index (χ0v) is 36.4. The molecule has 4 heterocycles. The summed E-state index contributed by atoms with van der Waals surface area (Å²) in [5, 5.41) is 12.4. The summed E-state index contributed by atoms with van der Waals surface area (Å²) in [6.45, 7) is 11.4. The van der Waals surface area contributed by atoms with Crippen LogP contribution in [-0.2, 0) is 39.2 Å². The van der Waals surface area contributed by atoms with Crippen molar-refractivity contribution in [1.29, 1.82) is 0 Å². The van der Waals surface area contributed by atoms with E-state index in [1.807, 2.05) is 103 Å². The Morgan fingerprint density at radius 1 is 0.667 bits per heavy atom. The number of aryl methyl sites for hydroxylation is 3. The largest absolute Gasteiger partial charge is 2.00 e. The molecule has 6 aromatic carbocycles. The van der Waals surface area contributed by atoms with Gasteiger partial charge in [-0.1, -0.05) is 123 Å². The first-order valence-corrected chi connectivity index (χ1v) is 19.8. The van der Waals surface area contributed by atoms with E-state index in [-0.39, 0.29) is 26.5 Å². The van der Waals surface area contributed by atoms with Crippen molar-refractivity contribution in [1.82, 2.24) is 29.1 Å². The monoisotopic (exact) mass is 967 g/mol. The zero-order valence-electron chi connectivity index (χ0n) is 38.1. The molecule has 0 unspecified atom stereocenters. The van der Waals surface area contributed by atoms with Crippen LogP contribution in [0.15, 0.2) is 134 Å². The maximum absolute atomic E-state index is 8.89. The van der Waals surface area contributed by atoms with Gasteiger partial charge in [0.1, 0.15) is 5.82 Å². The molecule has 8 heteroatoms. The molecular formula is C52H44N6OPt. The molecule has 0 spiro atoms. The van der Waals surface area contributed by atoms with Crippen molar-refractivity contribution in [3.63, 3.8) is 0 Å². The van der Waals surface area contributed by atoms with Crippen LogP contribution in [0.25, 0.3) is 60.8 Å². The summed E-state index contributed by atoms with van der Waals surface area (Å²) < 4.78 is 48.2. The first kappa shape index (κ1) is 34.5. The first-order valence-electron chi connectivity index (χ1n) is 21.8. The van der Waals surface area contributed by atoms with Crippen LogP contribution >= 0.6 is 0 Å². The summed E-state index contributed by atoms with van der Waals surface area (Å²) in [6, 6.07) is 48.9. The number of aromatic nitrogens is 6. The van der Waals surface area contributed by atoms with Gasteiger partial charge in [-0.2, -0.15) is 6.07 Å². The summed E-state index contributed by atoms with van der Waals surface area (Å²) in [5.74, 6) is 1.59. The number of para-hydroxylation sites is 3. The fourth-order valence-corrected chi connectivity index (χ4v) is 8.45. The van der Waals surface area contributed by atoms with Crippen molar-refractivity contribution in [2.45, 2.75) is 59.7 Å². The van der Waals surface area contributed by atoms with Gasteiger partial charge in [-0.15, -0.1) is 46.4 Å². The Morgan fingerprint density at radius 3 is 2.03 bits per heavy atom. The van der Waals surface area contributed by atoms with Crippen LogP contribution in [-0.4, -0.2) is 29.1 Å². The van der Waals surface area contributed by atoms with Crippen molar-refractivity contribution >= 4 is 43.6 Å². The van der Waals surface area contributed by atoms with Gasteiger partial charge >= 0.3 is 21.1 Å². The SMILES string of the molecule is [2H]C([2H])(C)c1cccc2c3cccc(C([2H])([2H])C)c3n(-c3ccnc(-n4c5[c-]c(Oc6[c-]c(-n7nnc(C)c7C)cc(C(C)(C)c7ccccc7)c6)ccc5c5ccccc54)c3)c12.[Pt+2]. The number of hydrogen-bond donors (Lipinski definition) is 0. The van der Waals surface area contributed by atoms with Crippen LogP contribution < -0.4 is 4.74 Å². The maximum Gasteiger partial charge on any atom is 2.00 e. The Hall–Kier alpha value is -6.30. The second-order valence-corrected chi connectivity index (χ2v) is 15.4. The first-order chi connectivity index (χ1) is 30.1. The standard InChI is InChI=1S/C52H44N6O.Pt/c1-7-35-16-14-21-45-46-22-15-17-36(8-2)51(46)56(50(35)45)39-26-27-53-49(31-39)57-47-23-13-12-20-43(47)44-25-24-41(32-48(44)57)59-42-29-38(52(5,6)37-18-10-9-11-19-37)28-40(30-42)58-34(4)33(3)54-55-58;/h9-29,31H,7-8H2,1-6H3;/q-2;+2/i7D2,8D2;. The van der Waals surface area contributed by atoms with Crippen molar-refractivity contribution in [3.8, 4) is 28.7 Å². The van der Waals surface area contributed by atoms with Crippen molar-refractivity contribution in [3.05, 3.63) is 179 Å². The molecule has 0 aliphatic heterocycles. The van der Waals surface area contributed by atoms with Gasteiger partial charge in [-0.3, -0.25) is 0 Å². The van der Waals surface area contributed by atoms with Crippen molar-refractivity contribution in [2.75, 3.05) is 0 Å². The van der Waals surface area contributed by atoms with Gasteiger partial charge in [0.05, 0.1) is 28.1 Å². The Balaban J connectivity index is 0.00000518. The van der Waals surface area contributed by atoms with Crippen molar-refractivity contribution < 1.29 is 31.3 Å². The second-order valence-electron chi connectivity index (χ2n) is 15.4. The number of hydrogen-bond acceptors (Lipinski definition) is 4. The number of ether oxygens (including phenoxy) is 1. The van der Waals surface area contributed by atoms with E-state index in [4.69, 9.17) is 15.2 Å². The fraction of sp³-hybridized carbons (Fsp3) is 0.173. The maximum atomic E-state index is 8.89. The fourth-order valence-electron chi connectivity index (χ4n) is 8.45. The molecule has 4 aromatic heterocycles. The molecule has 0 amide bonds. The smallest absolute Gasteiger partial charge is 0.509 e. The van der Waals surface area contributed by atoms with Gasteiger partial charge in [0, 0.05) is 45.5 Å². The van der Waals surface area contributed by atoms with E-state index in [1.165, 1.54) is 0 Å². The summed E-state index contributed by atoms with van der Waals surface area (Å²) in [4.78, 5) is 4.95. The molecule has 10 aromatic rings. The molecule has 0 fully saturated rings. The van der Waals surface area contributed by atoms with Crippen LogP contribution in [0.3, 0.4) is 0 Å².